The van der Waals surface area contributed by atoms with Crippen LogP contribution < -0.4 is 9.80 Å². The predicted octanol–water partition coefficient (Wildman–Crippen LogP) is 16.3. The molecule has 3 aromatic heterocycles. The molecule has 4 nitrogen and oxygen atoms in total. The summed E-state index contributed by atoms with van der Waals surface area (Å²) in [6, 6.07) is 74.2. The van der Waals surface area contributed by atoms with E-state index >= 15 is 0 Å². The van der Waals surface area contributed by atoms with Gasteiger partial charge in [-0.1, -0.05) is 109 Å². The van der Waals surface area contributed by atoms with Gasteiger partial charge in [0, 0.05) is 77.5 Å². The molecule has 0 aliphatic heterocycles. The van der Waals surface area contributed by atoms with Crippen LogP contribution in [0.25, 0.3) is 69.6 Å². The van der Waals surface area contributed by atoms with Gasteiger partial charge in [-0.05, 0) is 115 Å². The third-order valence-electron chi connectivity index (χ3n) is 11.8. The maximum absolute atomic E-state index is 6.60. The number of furan rings is 1. The Morgan fingerprint density at radius 1 is 0.417 bits per heavy atom. The zero-order chi connectivity index (χ0) is 39.7. The molecule has 3 heterocycles. The summed E-state index contributed by atoms with van der Waals surface area (Å²) in [6.07, 6.45) is 0. The van der Waals surface area contributed by atoms with Crippen molar-refractivity contribution in [2.45, 2.75) is 6.92 Å². The van der Waals surface area contributed by atoms with E-state index in [0.717, 1.165) is 67.3 Å². The van der Waals surface area contributed by atoms with Crippen molar-refractivity contribution in [3.8, 4) is 5.69 Å². The van der Waals surface area contributed by atoms with Crippen LogP contribution in [0.4, 0.5) is 34.1 Å². The van der Waals surface area contributed by atoms with Gasteiger partial charge in [-0.25, -0.2) is 0 Å². The molecule has 0 radical (unpaired) electrons. The van der Waals surface area contributed by atoms with Crippen molar-refractivity contribution < 1.29 is 4.42 Å². The summed E-state index contributed by atoms with van der Waals surface area (Å²) in [7, 11) is 0. The molecule has 0 saturated carbocycles. The van der Waals surface area contributed by atoms with Crippen molar-refractivity contribution in [1.82, 2.24) is 4.57 Å². The van der Waals surface area contributed by atoms with E-state index in [9.17, 15) is 0 Å². The Hall–Kier alpha value is -7.60. The topological polar surface area (TPSA) is 24.6 Å². The summed E-state index contributed by atoms with van der Waals surface area (Å²) in [6.45, 7) is 2.14. The van der Waals surface area contributed by atoms with E-state index in [1.165, 1.54) is 42.0 Å². The molecule has 0 spiro atoms. The van der Waals surface area contributed by atoms with Gasteiger partial charge in [0.2, 0.25) is 0 Å². The SMILES string of the molecule is Cc1ccc(N(c2ccccc2)c2ccc3sc4c(c3c2)c2ccc(N(c3ccccc3)c3ccc5c(c3)oc3ccc6ccccc6c35)cc2n4-c2ccccc2)cc1. The van der Waals surface area contributed by atoms with Gasteiger partial charge in [0.15, 0.2) is 0 Å². The fraction of sp³-hybridized carbons (Fsp3) is 0.0182. The molecule has 0 saturated heterocycles. The highest BCUT2D eigenvalue weighted by molar-refractivity contribution is 7.25. The molecule has 0 unspecified atom stereocenters. The smallest absolute Gasteiger partial charge is 0.137 e. The zero-order valence-electron chi connectivity index (χ0n) is 32.8. The molecule has 284 valence electrons. The number of thiophene rings is 1. The van der Waals surface area contributed by atoms with Crippen LogP contribution in [0.1, 0.15) is 5.56 Å². The molecule has 0 N–H and O–H groups in total. The Morgan fingerprint density at radius 2 is 1.00 bits per heavy atom. The standard InChI is InChI=1S/C55H37N3OS/c1-36-21-24-41(25-22-36)56(38-14-5-2-6-15-38)42-28-32-52-48(33-42)54-46-29-26-43(34-49(46)58(55(54)60-52)40-18-9-4-10-19-40)57(39-16-7-3-8-17-39)44-27-30-47-51(35-44)59-50-31-23-37-13-11-12-20-45(37)53(47)50/h2-35H,1H3. The van der Waals surface area contributed by atoms with Crippen molar-refractivity contribution in [3.63, 3.8) is 0 Å². The van der Waals surface area contributed by atoms with E-state index < -0.39 is 0 Å². The first-order chi connectivity index (χ1) is 29.7. The number of fused-ring (bicyclic) bond motifs is 10. The van der Waals surface area contributed by atoms with Crippen molar-refractivity contribution >= 4 is 109 Å². The lowest BCUT2D eigenvalue weighted by Crippen LogP contribution is -2.10. The summed E-state index contributed by atoms with van der Waals surface area (Å²) >= 11 is 1.85. The van der Waals surface area contributed by atoms with Crippen LogP contribution in [0.15, 0.2) is 211 Å². The highest BCUT2D eigenvalue weighted by Crippen LogP contribution is 2.47. The molecule has 60 heavy (non-hydrogen) atoms. The van der Waals surface area contributed by atoms with Gasteiger partial charge < -0.3 is 18.8 Å². The summed E-state index contributed by atoms with van der Waals surface area (Å²) in [5.74, 6) is 0. The second-order valence-electron chi connectivity index (χ2n) is 15.5. The molecule has 0 amide bonds. The average Bonchev–Trinajstić information content (AvgIpc) is 3.96. The minimum Gasteiger partial charge on any atom is -0.456 e. The quantitative estimate of drug-likeness (QED) is 0.161. The second-order valence-corrected chi connectivity index (χ2v) is 16.5. The first-order valence-corrected chi connectivity index (χ1v) is 21.2. The summed E-state index contributed by atoms with van der Waals surface area (Å²) < 4.78 is 10.3. The van der Waals surface area contributed by atoms with E-state index in [4.69, 9.17) is 4.42 Å². The van der Waals surface area contributed by atoms with Crippen LogP contribution in [0, 0.1) is 6.92 Å². The van der Waals surface area contributed by atoms with Crippen LogP contribution in [0.3, 0.4) is 0 Å². The Kier molecular flexibility index (Phi) is 7.90. The van der Waals surface area contributed by atoms with Crippen LogP contribution in [0.5, 0.6) is 0 Å². The molecule has 0 atom stereocenters. The van der Waals surface area contributed by atoms with Gasteiger partial charge >= 0.3 is 0 Å². The largest absolute Gasteiger partial charge is 0.456 e. The third kappa shape index (κ3) is 5.51. The highest BCUT2D eigenvalue weighted by Gasteiger charge is 2.23. The first kappa shape index (κ1) is 34.4. The van der Waals surface area contributed by atoms with Crippen LogP contribution >= 0.6 is 11.3 Å². The van der Waals surface area contributed by atoms with Gasteiger partial charge in [0.1, 0.15) is 16.0 Å². The Balaban J connectivity index is 1.07. The monoisotopic (exact) mass is 787 g/mol. The lowest BCUT2D eigenvalue weighted by Gasteiger charge is -2.26. The lowest BCUT2D eigenvalue weighted by atomic mass is 10.0. The van der Waals surface area contributed by atoms with E-state index in [1.54, 1.807) is 0 Å². The summed E-state index contributed by atoms with van der Waals surface area (Å²) in [5, 5.41) is 8.42. The molecule has 9 aromatic carbocycles. The molecule has 12 aromatic rings. The third-order valence-corrected chi connectivity index (χ3v) is 13.0. The molecule has 0 bridgehead atoms. The van der Waals surface area contributed by atoms with E-state index in [-0.39, 0.29) is 0 Å². The second kappa shape index (κ2) is 13.8. The Morgan fingerprint density at radius 3 is 1.75 bits per heavy atom. The predicted molar refractivity (Wildman–Crippen MR) is 255 cm³/mol. The minimum absolute atomic E-state index is 0.867. The number of rotatable bonds is 7. The molecule has 5 heteroatoms. The van der Waals surface area contributed by atoms with Gasteiger partial charge in [0.05, 0.1) is 5.52 Å². The number of nitrogens with zero attached hydrogens (tertiary/aromatic N) is 3. The molecule has 0 aliphatic rings. The van der Waals surface area contributed by atoms with Gasteiger partial charge in [-0.2, -0.15) is 0 Å². The Bertz CT molecular complexity index is 3550. The van der Waals surface area contributed by atoms with Gasteiger partial charge in [0.25, 0.3) is 0 Å². The van der Waals surface area contributed by atoms with Crippen molar-refractivity contribution in [2.24, 2.45) is 0 Å². The van der Waals surface area contributed by atoms with E-state index in [2.05, 4.69) is 228 Å². The molecular formula is C55H37N3OS. The van der Waals surface area contributed by atoms with Crippen molar-refractivity contribution in [3.05, 3.63) is 212 Å². The van der Waals surface area contributed by atoms with Crippen LogP contribution in [-0.2, 0) is 0 Å². The van der Waals surface area contributed by atoms with Crippen molar-refractivity contribution in [2.75, 3.05) is 9.80 Å². The van der Waals surface area contributed by atoms with Crippen molar-refractivity contribution in [1.29, 1.82) is 0 Å². The molecule has 12 rings (SSSR count). The van der Waals surface area contributed by atoms with E-state index in [1.807, 2.05) is 11.3 Å². The molecular weight excluding hydrogens is 751 g/mol. The fourth-order valence-corrected chi connectivity index (χ4v) is 10.3. The lowest BCUT2D eigenvalue weighted by molar-refractivity contribution is 0.669. The van der Waals surface area contributed by atoms with Gasteiger partial charge in [-0.15, -0.1) is 11.3 Å². The number of hydrogen-bond acceptors (Lipinski definition) is 4. The van der Waals surface area contributed by atoms with E-state index in [0.29, 0.717) is 0 Å². The molecule has 0 fully saturated rings. The number of para-hydroxylation sites is 3. The summed E-state index contributed by atoms with van der Waals surface area (Å²) in [4.78, 5) is 5.93. The number of hydrogen-bond donors (Lipinski definition) is 0. The van der Waals surface area contributed by atoms with Gasteiger partial charge in [-0.3, -0.25) is 0 Å². The molecule has 0 aliphatic carbocycles. The summed E-state index contributed by atoms with van der Waals surface area (Å²) in [5.41, 5.74) is 11.8. The normalized spacial score (nSPS) is 11.8. The number of aryl methyl sites for hydroxylation is 1. The van der Waals surface area contributed by atoms with Crippen LogP contribution in [0.2, 0.25) is 0 Å². The zero-order valence-corrected chi connectivity index (χ0v) is 33.6. The minimum atomic E-state index is 0.867. The highest BCUT2D eigenvalue weighted by atomic mass is 32.1. The number of aromatic nitrogens is 1. The number of anilines is 6. The maximum atomic E-state index is 6.60. The number of benzene rings is 9. The maximum Gasteiger partial charge on any atom is 0.137 e. The first-order valence-electron chi connectivity index (χ1n) is 20.3. The fourth-order valence-electron chi connectivity index (χ4n) is 9.04. The Labute approximate surface area is 351 Å². The average molecular weight is 788 g/mol. The van der Waals surface area contributed by atoms with Crippen LogP contribution in [-0.4, -0.2) is 4.57 Å².